The van der Waals surface area contributed by atoms with Gasteiger partial charge >= 0.3 is 0 Å². The fraction of sp³-hybridized carbons (Fsp3) is 0.381. The van der Waals surface area contributed by atoms with Gasteiger partial charge in [0.05, 0.1) is 0 Å². The molecule has 26 heavy (non-hydrogen) atoms. The fourth-order valence-electron chi connectivity index (χ4n) is 3.20. The molecule has 1 amide bonds. The minimum atomic E-state index is -0.0728. The van der Waals surface area contributed by atoms with Crippen molar-refractivity contribution in [3.63, 3.8) is 0 Å². The number of carbonyl (C=O) groups is 1. The zero-order valence-corrected chi connectivity index (χ0v) is 16.0. The standard InChI is InChI=1S/C21H25ClN2O2/c1-21(2)14-24(11-10-19(21)23)20(25)16-4-3-5-18(12-16)26-13-15-6-8-17(22)9-7-15/h3-9,12,19H,10-11,13-14,23H2,1-2H3. The Balaban J connectivity index is 1.66. The fourth-order valence-corrected chi connectivity index (χ4v) is 3.32. The first-order valence-corrected chi connectivity index (χ1v) is 9.25. The average molecular weight is 373 g/mol. The van der Waals surface area contributed by atoms with Gasteiger partial charge in [-0.2, -0.15) is 0 Å². The van der Waals surface area contributed by atoms with Gasteiger partial charge in [0.25, 0.3) is 5.91 Å². The van der Waals surface area contributed by atoms with Crippen molar-refractivity contribution >= 4 is 17.5 Å². The Morgan fingerprint density at radius 3 is 2.69 bits per heavy atom. The Kier molecular flexibility index (Phi) is 5.54. The van der Waals surface area contributed by atoms with Gasteiger partial charge in [0.2, 0.25) is 0 Å². The van der Waals surface area contributed by atoms with Gasteiger partial charge in [0.1, 0.15) is 12.4 Å². The van der Waals surface area contributed by atoms with Crippen LogP contribution in [0.2, 0.25) is 5.02 Å². The number of hydrogen-bond donors (Lipinski definition) is 1. The summed E-state index contributed by atoms with van der Waals surface area (Å²) in [5, 5.41) is 0.700. The SMILES string of the molecule is CC1(C)CN(C(=O)c2cccc(OCc3ccc(Cl)cc3)c2)CCC1N. The number of likely N-dealkylation sites (tertiary alicyclic amines) is 1. The zero-order chi connectivity index (χ0) is 18.7. The van der Waals surface area contributed by atoms with E-state index >= 15 is 0 Å². The summed E-state index contributed by atoms with van der Waals surface area (Å²) in [6.07, 6.45) is 0.825. The van der Waals surface area contributed by atoms with E-state index in [2.05, 4.69) is 13.8 Å². The number of halogens is 1. The van der Waals surface area contributed by atoms with Crippen molar-refractivity contribution < 1.29 is 9.53 Å². The molecule has 3 rings (SSSR count). The number of ether oxygens (including phenoxy) is 1. The molecule has 2 aromatic rings. The zero-order valence-electron chi connectivity index (χ0n) is 15.2. The molecule has 1 fully saturated rings. The second-order valence-electron chi connectivity index (χ2n) is 7.55. The van der Waals surface area contributed by atoms with Crippen LogP contribution in [0.5, 0.6) is 5.75 Å². The summed E-state index contributed by atoms with van der Waals surface area (Å²) in [5.74, 6) is 0.709. The van der Waals surface area contributed by atoms with Gasteiger partial charge in [-0.05, 0) is 47.7 Å². The molecule has 5 heteroatoms. The van der Waals surface area contributed by atoms with Crippen LogP contribution in [-0.2, 0) is 6.61 Å². The second-order valence-corrected chi connectivity index (χ2v) is 7.99. The third kappa shape index (κ3) is 4.37. The lowest BCUT2D eigenvalue weighted by atomic mass is 9.79. The highest BCUT2D eigenvalue weighted by molar-refractivity contribution is 6.30. The van der Waals surface area contributed by atoms with E-state index in [-0.39, 0.29) is 17.4 Å². The quantitative estimate of drug-likeness (QED) is 0.878. The molecule has 4 nitrogen and oxygen atoms in total. The molecule has 138 valence electrons. The molecule has 0 radical (unpaired) electrons. The lowest BCUT2D eigenvalue weighted by molar-refractivity contribution is 0.0532. The number of nitrogens with two attached hydrogens (primary N) is 1. The van der Waals surface area contributed by atoms with Gasteiger partial charge in [-0.15, -0.1) is 0 Å². The Bertz CT molecular complexity index is 774. The smallest absolute Gasteiger partial charge is 0.254 e. The topological polar surface area (TPSA) is 55.6 Å². The molecule has 1 saturated heterocycles. The molecule has 0 aliphatic carbocycles. The monoisotopic (exact) mass is 372 g/mol. The van der Waals surface area contributed by atoms with E-state index in [0.717, 1.165) is 12.0 Å². The minimum Gasteiger partial charge on any atom is -0.489 e. The number of amides is 1. The summed E-state index contributed by atoms with van der Waals surface area (Å²) in [4.78, 5) is 14.8. The molecule has 1 unspecified atom stereocenters. The molecule has 0 saturated carbocycles. The summed E-state index contributed by atoms with van der Waals surface area (Å²) >= 11 is 5.90. The minimum absolute atomic E-state index is 0.0296. The summed E-state index contributed by atoms with van der Waals surface area (Å²) in [6, 6.07) is 15.0. The van der Waals surface area contributed by atoms with E-state index in [0.29, 0.717) is 36.0 Å². The lowest BCUT2D eigenvalue weighted by Gasteiger charge is -2.42. The van der Waals surface area contributed by atoms with E-state index in [4.69, 9.17) is 22.1 Å². The third-order valence-electron chi connectivity index (χ3n) is 5.00. The number of nitrogens with zero attached hydrogens (tertiary/aromatic N) is 1. The second kappa shape index (κ2) is 7.68. The molecule has 0 spiro atoms. The van der Waals surface area contributed by atoms with Crippen LogP contribution in [0.25, 0.3) is 0 Å². The molecule has 1 aliphatic heterocycles. The van der Waals surface area contributed by atoms with Gasteiger partial charge in [-0.25, -0.2) is 0 Å². The van der Waals surface area contributed by atoms with E-state index in [1.165, 1.54) is 0 Å². The van der Waals surface area contributed by atoms with Crippen LogP contribution in [0.15, 0.2) is 48.5 Å². The molecular formula is C21H25ClN2O2. The van der Waals surface area contributed by atoms with Gasteiger partial charge in [0.15, 0.2) is 0 Å². The Hall–Kier alpha value is -2.04. The van der Waals surface area contributed by atoms with Crippen LogP contribution in [0.1, 0.15) is 36.2 Å². The van der Waals surface area contributed by atoms with E-state index in [1.807, 2.05) is 47.4 Å². The van der Waals surface area contributed by atoms with Crippen molar-refractivity contribution in [2.45, 2.75) is 32.9 Å². The maximum absolute atomic E-state index is 12.9. The molecule has 0 aromatic heterocycles. The highest BCUT2D eigenvalue weighted by Gasteiger charge is 2.35. The summed E-state index contributed by atoms with van der Waals surface area (Å²) in [6.45, 7) is 6.02. The van der Waals surface area contributed by atoms with Crippen LogP contribution in [0.3, 0.4) is 0 Å². The van der Waals surface area contributed by atoms with Gasteiger partial charge in [-0.3, -0.25) is 4.79 Å². The Morgan fingerprint density at radius 1 is 1.27 bits per heavy atom. The lowest BCUT2D eigenvalue weighted by Crippen LogP contribution is -2.53. The number of hydrogen-bond acceptors (Lipinski definition) is 3. The normalized spacial score (nSPS) is 19.2. The number of benzene rings is 2. The summed E-state index contributed by atoms with van der Waals surface area (Å²) in [7, 11) is 0. The molecular weight excluding hydrogens is 348 g/mol. The number of rotatable bonds is 4. The van der Waals surface area contributed by atoms with Crippen LogP contribution in [0.4, 0.5) is 0 Å². The molecule has 2 N–H and O–H groups in total. The van der Waals surface area contributed by atoms with E-state index in [1.54, 1.807) is 6.07 Å². The van der Waals surface area contributed by atoms with Gasteiger partial charge < -0.3 is 15.4 Å². The first kappa shape index (κ1) is 18.7. The number of piperidine rings is 1. The van der Waals surface area contributed by atoms with Crippen LogP contribution in [-0.4, -0.2) is 29.9 Å². The van der Waals surface area contributed by atoms with Crippen molar-refractivity contribution in [1.29, 1.82) is 0 Å². The largest absolute Gasteiger partial charge is 0.489 e. The van der Waals surface area contributed by atoms with Gasteiger partial charge in [0, 0.05) is 29.7 Å². The van der Waals surface area contributed by atoms with Crippen molar-refractivity contribution in [3.8, 4) is 5.75 Å². The van der Waals surface area contributed by atoms with Crippen LogP contribution < -0.4 is 10.5 Å². The van der Waals surface area contributed by atoms with Crippen molar-refractivity contribution in [2.75, 3.05) is 13.1 Å². The number of carbonyl (C=O) groups excluding carboxylic acids is 1. The maximum atomic E-state index is 12.9. The molecule has 1 aliphatic rings. The first-order valence-electron chi connectivity index (χ1n) is 8.87. The van der Waals surface area contributed by atoms with Crippen molar-refractivity contribution in [1.82, 2.24) is 4.90 Å². The summed E-state index contributed by atoms with van der Waals surface area (Å²) in [5.41, 5.74) is 7.77. The third-order valence-corrected chi connectivity index (χ3v) is 5.25. The molecule has 1 atom stereocenters. The maximum Gasteiger partial charge on any atom is 0.254 e. The Labute approximate surface area is 159 Å². The van der Waals surface area contributed by atoms with E-state index < -0.39 is 0 Å². The highest BCUT2D eigenvalue weighted by Crippen LogP contribution is 2.29. The molecule has 0 bridgehead atoms. The van der Waals surface area contributed by atoms with Crippen molar-refractivity contribution in [3.05, 3.63) is 64.7 Å². The van der Waals surface area contributed by atoms with Crippen molar-refractivity contribution in [2.24, 2.45) is 11.1 Å². The predicted molar refractivity (Wildman–Crippen MR) is 105 cm³/mol. The highest BCUT2D eigenvalue weighted by atomic mass is 35.5. The first-order chi connectivity index (χ1) is 12.3. The van der Waals surface area contributed by atoms with E-state index in [9.17, 15) is 4.79 Å². The van der Waals surface area contributed by atoms with Crippen LogP contribution >= 0.6 is 11.6 Å². The van der Waals surface area contributed by atoms with Crippen LogP contribution in [0, 0.1) is 5.41 Å². The van der Waals surface area contributed by atoms with Gasteiger partial charge in [-0.1, -0.05) is 43.6 Å². The molecule has 2 aromatic carbocycles. The summed E-state index contributed by atoms with van der Waals surface area (Å²) < 4.78 is 5.83. The predicted octanol–water partition coefficient (Wildman–Crippen LogP) is 4.12. The average Bonchev–Trinajstić information content (AvgIpc) is 2.63. The molecule has 1 heterocycles. The Morgan fingerprint density at radius 2 is 2.00 bits per heavy atom.